The van der Waals surface area contributed by atoms with Crippen LogP contribution in [0.3, 0.4) is 0 Å². The third-order valence-corrected chi connectivity index (χ3v) is 3.64. The van der Waals surface area contributed by atoms with Gasteiger partial charge in [0.2, 0.25) is 0 Å². The molecule has 1 saturated carbocycles. The van der Waals surface area contributed by atoms with Gasteiger partial charge in [-0.15, -0.1) is 0 Å². The zero-order valence-corrected chi connectivity index (χ0v) is 14.3. The number of nitrogens with zero attached hydrogens (tertiary/aromatic N) is 1. The maximum absolute atomic E-state index is 12.0. The Kier molecular flexibility index (Phi) is 6.84. The fraction of sp³-hybridized carbons (Fsp3) is 0.812. The topological polar surface area (TPSA) is 93.1 Å². The molecule has 0 aromatic carbocycles. The van der Waals surface area contributed by atoms with E-state index in [-0.39, 0.29) is 12.5 Å². The van der Waals surface area contributed by atoms with Gasteiger partial charge in [-0.3, -0.25) is 9.69 Å². The fourth-order valence-electron chi connectivity index (χ4n) is 2.43. The first-order valence-electron chi connectivity index (χ1n) is 7.98. The molecule has 7 heteroatoms. The van der Waals surface area contributed by atoms with Crippen molar-refractivity contribution in [3.63, 3.8) is 0 Å². The monoisotopic (exact) mass is 329 g/mol. The molecule has 1 aliphatic rings. The van der Waals surface area contributed by atoms with Gasteiger partial charge in [0.15, 0.2) is 0 Å². The number of carbonyl (C=O) groups is 3. The van der Waals surface area contributed by atoms with Crippen molar-refractivity contribution in [2.45, 2.75) is 77.0 Å². The summed E-state index contributed by atoms with van der Waals surface area (Å²) >= 11 is 0. The van der Waals surface area contributed by atoms with Crippen LogP contribution in [0.15, 0.2) is 0 Å². The number of hydrogen-bond donors (Lipinski definition) is 1. The van der Waals surface area contributed by atoms with Gasteiger partial charge in [0, 0.05) is 7.05 Å². The smallest absolute Gasteiger partial charge is 0.410 e. The summed E-state index contributed by atoms with van der Waals surface area (Å²) in [5.41, 5.74) is -0.739. The lowest BCUT2D eigenvalue weighted by molar-refractivity contribution is -0.156. The summed E-state index contributed by atoms with van der Waals surface area (Å²) < 4.78 is 10.5. The molecule has 1 atom stereocenters. The Morgan fingerprint density at radius 2 is 1.74 bits per heavy atom. The van der Waals surface area contributed by atoms with Crippen molar-refractivity contribution >= 4 is 18.0 Å². The van der Waals surface area contributed by atoms with Crippen molar-refractivity contribution in [2.24, 2.45) is 0 Å². The summed E-state index contributed by atoms with van der Waals surface area (Å²) in [5, 5.41) is 9.29. The van der Waals surface area contributed by atoms with Gasteiger partial charge < -0.3 is 14.6 Å². The Morgan fingerprint density at radius 1 is 1.17 bits per heavy atom. The number of esters is 1. The number of likely N-dealkylation sites (N-methyl/N-ethyl adjacent to an activating group) is 1. The second-order valence-corrected chi connectivity index (χ2v) is 6.90. The van der Waals surface area contributed by atoms with Crippen LogP contribution in [-0.4, -0.2) is 52.8 Å². The molecule has 0 unspecified atom stereocenters. The summed E-state index contributed by atoms with van der Waals surface area (Å²) in [4.78, 5) is 36.2. The van der Waals surface area contributed by atoms with Gasteiger partial charge in [-0.05, 0) is 46.5 Å². The molecule has 1 N–H and O–H groups in total. The molecule has 0 heterocycles. The lowest BCUT2D eigenvalue weighted by Crippen LogP contribution is -2.46. The van der Waals surface area contributed by atoms with E-state index in [1.807, 2.05) is 0 Å². The van der Waals surface area contributed by atoms with Crippen molar-refractivity contribution in [3.8, 4) is 0 Å². The van der Waals surface area contributed by atoms with Crippen molar-refractivity contribution in [1.82, 2.24) is 4.90 Å². The van der Waals surface area contributed by atoms with Gasteiger partial charge in [-0.1, -0.05) is 6.42 Å². The molecular weight excluding hydrogens is 302 g/mol. The van der Waals surface area contributed by atoms with E-state index in [1.165, 1.54) is 7.05 Å². The lowest BCUT2D eigenvalue weighted by atomic mass is 9.98. The molecule has 1 amide bonds. The Labute approximate surface area is 136 Å². The van der Waals surface area contributed by atoms with E-state index in [0.29, 0.717) is 0 Å². The third-order valence-electron chi connectivity index (χ3n) is 3.64. The van der Waals surface area contributed by atoms with E-state index in [2.05, 4.69) is 0 Å². The molecule has 1 aliphatic carbocycles. The Hall–Kier alpha value is -1.79. The summed E-state index contributed by atoms with van der Waals surface area (Å²) in [6, 6.07) is -1.30. The number of ether oxygens (including phenoxy) is 2. The minimum atomic E-state index is -1.30. The molecule has 1 fully saturated rings. The largest absolute Gasteiger partial charge is 0.480 e. The highest BCUT2D eigenvalue weighted by atomic mass is 16.6. The van der Waals surface area contributed by atoms with Gasteiger partial charge in [0.1, 0.15) is 17.7 Å². The zero-order chi connectivity index (χ0) is 17.6. The summed E-state index contributed by atoms with van der Waals surface area (Å²) in [6.45, 7) is 5.06. The van der Waals surface area contributed by atoms with Crippen LogP contribution >= 0.6 is 0 Å². The number of aliphatic carboxylic acids is 1. The lowest BCUT2D eigenvalue weighted by Gasteiger charge is -2.28. The average molecular weight is 329 g/mol. The van der Waals surface area contributed by atoms with Crippen molar-refractivity contribution < 1.29 is 29.0 Å². The second-order valence-electron chi connectivity index (χ2n) is 6.90. The van der Waals surface area contributed by atoms with E-state index in [9.17, 15) is 19.5 Å². The van der Waals surface area contributed by atoms with Crippen LogP contribution in [-0.2, 0) is 19.1 Å². The molecule has 0 aromatic heterocycles. The summed E-state index contributed by atoms with van der Waals surface area (Å²) in [5.74, 6) is -1.86. The molecule has 0 radical (unpaired) electrons. The van der Waals surface area contributed by atoms with Crippen molar-refractivity contribution in [3.05, 3.63) is 0 Å². The predicted molar refractivity (Wildman–Crippen MR) is 83.0 cm³/mol. The molecule has 0 bridgehead atoms. The standard InChI is InChI=1S/C16H27NO6/c1-16(2,3)23-15(21)17(4)12(14(19)20)10-13(18)22-11-8-6-5-7-9-11/h11-12H,5-10H2,1-4H3,(H,19,20)/t12-/m1/s1. The van der Waals surface area contributed by atoms with Crippen molar-refractivity contribution in [1.29, 1.82) is 0 Å². The number of amides is 1. The van der Waals surface area contributed by atoms with Gasteiger partial charge >= 0.3 is 18.0 Å². The Bertz CT molecular complexity index is 436. The van der Waals surface area contributed by atoms with Gasteiger partial charge in [0.25, 0.3) is 0 Å². The summed E-state index contributed by atoms with van der Waals surface area (Å²) in [6.07, 6.45) is 3.47. The summed E-state index contributed by atoms with van der Waals surface area (Å²) in [7, 11) is 1.31. The normalized spacial score (nSPS) is 17.2. The molecule has 132 valence electrons. The van der Waals surface area contributed by atoms with Gasteiger partial charge in [0.05, 0.1) is 6.42 Å². The minimum absolute atomic E-state index is 0.141. The van der Waals surface area contributed by atoms with Crippen LogP contribution in [0.5, 0.6) is 0 Å². The van der Waals surface area contributed by atoms with E-state index in [4.69, 9.17) is 9.47 Å². The van der Waals surface area contributed by atoms with Crippen molar-refractivity contribution in [2.75, 3.05) is 7.05 Å². The Morgan fingerprint density at radius 3 is 2.22 bits per heavy atom. The van der Waals surface area contributed by atoms with Gasteiger partial charge in [-0.2, -0.15) is 0 Å². The molecule has 0 saturated heterocycles. The first-order valence-corrected chi connectivity index (χ1v) is 7.98. The zero-order valence-electron chi connectivity index (χ0n) is 14.3. The first kappa shape index (κ1) is 19.3. The van der Waals surface area contributed by atoms with E-state index >= 15 is 0 Å². The van der Waals surface area contributed by atoms with Crippen LogP contribution < -0.4 is 0 Å². The molecule has 0 aliphatic heterocycles. The van der Waals surface area contributed by atoms with Gasteiger partial charge in [-0.25, -0.2) is 9.59 Å². The van der Waals surface area contributed by atoms with Crippen LogP contribution in [0.2, 0.25) is 0 Å². The molecule has 1 rings (SSSR count). The number of carboxylic acids is 1. The molecule has 23 heavy (non-hydrogen) atoms. The average Bonchev–Trinajstić information content (AvgIpc) is 2.43. The highest BCUT2D eigenvalue weighted by Crippen LogP contribution is 2.21. The quantitative estimate of drug-likeness (QED) is 0.779. The molecule has 7 nitrogen and oxygen atoms in total. The third kappa shape index (κ3) is 6.88. The number of carboxylic acid groups (broad SMARTS) is 1. The minimum Gasteiger partial charge on any atom is -0.480 e. The predicted octanol–water partition coefficient (Wildman–Crippen LogP) is 2.57. The number of carbonyl (C=O) groups excluding carboxylic acids is 2. The van der Waals surface area contributed by atoms with Crippen LogP contribution in [0.25, 0.3) is 0 Å². The van der Waals surface area contributed by atoms with E-state index in [1.54, 1.807) is 20.8 Å². The SMILES string of the molecule is CN(C(=O)OC(C)(C)C)[C@H](CC(=O)OC1CCCCC1)C(=O)O. The molecule has 0 spiro atoms. The second kappa shape index (κ2) is 8.17. The van der Waals surface area contributed by atoms with E-state index in [0.717, 1.165) is 37.0 Å². The molecule has 0 aromatic rings. The van der Waals surface area contributed by atoms with Crippen LogP contribution in [0.4, 0.5) is 4.79 Å². The maximum Gasteiger partial charge on any atom is 0.410 e. The number of hydrogen-bond acceptors (Lipinski definition) is 5. The highest BCUT2D eigenvalue weighted by molar-refractivity contribution is 5.85. The number of rotatable bonds is 5. The fourth-order valence-corrected chi connectivity index (χ4v) is 2.43. The Balaban J connectivity index is 2.61. The maximum atomic E-state index is 12.0. The van der Waals surface area contributed by atoms with Crippen LogP contribution in [0.1, 0.15) is 59.3 Å². The highest BCUT2D eigenvalue weighted by Gasteiger charge is 2.33. The molecular formula is C16H27NO6. The first-order chi connectivity index (χ1) is 10.6. The van der Waals surface area contributed by atoms with E-state index < -0.39 is 29.7 Å². The van der Waals surface area contributed by atoms with Crippen LogP contribution in [0, 0.1) is 0 Å².